The van der Waals surface area contributed by atoms with E-state index in [0.717, 1.165) is 0 Å². The predicted octanol–water partition coefficient (Wildman–Crippen LogP) is 1.41. The maximum Gasteiger partial charge on any atom is 0.168 e. The third-order valence-electron chi connectivity index (χ3n) is 0.622. The Balaban J connectivity index is 0.000000291. The molecule has 1 aromatic rings. The summed E-state index contributed by atoms with van der Waals surface area (Å²) in [5, 5.41) is 20.0. The number of terminal acetylenes is 1. The molecule has 2 N–H and O–H groups in total. The summed E-state index contributed by atoms with van der Waals surface area (Å²) in [6.45, 7) is 0. The quantitative estimate of drug-likeness (QED) is 0.538. The van der Waals surface area contributed by atoms with E-state index in [0.29, 0.717) is 0 Å². The molecule has 0 unspecified atom stereocenters. The van der Waals surface area contributed by atoms with Crippen molar-refractivity contribution in [3.8, 4) is 24.3 Å². The van der Waals surface area contributed by atoms with Gasteiger partial charge < -0.3 is 10.2 Å². The first-order valence-corrected chi connectivity index (χ1v) is 3.02. The fraction of sp³-hybridized carbons (Fsp3) is 0. The molecule has 0 saturated heterocycles. The lowest BCUT2D eigenvalue weighted by molar-refractivity contribution is 0.407. The van der Waals surface area contributed by atoms with Crippen LogP contribution in [0.3, 0.4) is 0 Å². The maximum absolute atomic E-state index is 8.52. The largest absolute Gasteiger partial charge is 0.504 e. The molecule has 0 spiro atoms. The highest BCUT2D eigenvalue weighted by molar-refractivity contribution is 7.08. The summed E-state index contributed by atoms with van der Waals surface area (Å²) in [4.78, 5) is 0. The van der Waals surface area contributed by atoms with Gasteiger partial charge in [-0.1, -0.05) is 0 Å². The molecule has 0 aliphatic carbocycles. The Morgan fingerprint density at radius 2 is 1.44 bits per heavy atom. The van der Waals surface area contributed by atoms with E-state index in [-0.39, 0.29) is 11.5 Å². The lowest BCUT2D eigenvalue weighted by Crippen LogP contribution is -1.50. The zero-order valence-electron chi connectivity index (χ0n) is 4.61. The minimum atomic E-state index is -0.0370. The molecule has 0 fully saturated rings. The lowest BCUT2D eigenvalue weighted by Gasteiger charge is -1.79. The van der Waals surface area contributed by atoms with Crippen molar-refractivity contribution in [3.05, 3.63) is 10.8 Å². The van der Waals surface area contributed by atoms with Gasteiger partial charge >= 0.3 is 0 Å². The van der Waals surface area contributed by atoms with Gasteiger partial charge in [0, 0.05) is 10.8 Å². The molecule has 1 rings (SSSR count). The maximum atomic E-state index is 8.52. The molecule has 48 valence electrons. The van der Waals surface area contributed by atoms with Crippen LogP contribution in [0.5, 0.6) is 11.5 Å². The van der Waals surface area contributed by atoms with Crippen molar-refractivity contribution < 1.29 is 10.2 Å². The number of hydrogen-bond acceptors (Lipinski definition) is 3. The topological polar surface area (TPSA) is 40.5 Å². The molecule has 0 atom stereocenters. The summed E-state index contributed by atoms with van der Waals surface area (Å²) in [6, 6.07) is 0. The normalized spacial score (nSPS) is 7.33. The molecule has 0 aliphatic heterocycles. The summed E-state index contributed by atoms with van der Waals surface area (Å²) in [5.74, 6) is -0.0741. The molecule has 0 bridgehead atoms. The molecule has 1 heterocycles. The first kappa shape index (κ1) is 7.86. The van der Waals surface area contributed by atoms with Crippen molar-refractivity contribution in [2.24, 2.45) is 0 Å². The highest BCUT2D eigenvalue weighted by Gasteiger charge is 1.93. The van der Waals surface area contributed by atoms with Crippen LogP contribution < -0.4 is 0 Å². The minimum absolute atomic E-state index is 0.0370. The van der Waals surface area contributed by atoms with Gasteiger partial charge in [-0.3, -0.25) is 0 Å². The zero-order chi connectivity index (χ0) is 7.28. The lowest BCUT2D eigenvalue weighted by atomic mass is 10.6. The highest BCUT2D eigenvalue weighted by Crippen LogP contribution is 2.27. The van der Waals surface area contributed by atoms with Crippen LogP contribution in [0, 0.1) is 12.8 Å². The van der Waals surface area contributed by atoms with Crippen LogP contribution in [-0.4, -0.2) is 10.2 Å². The fourth-order valence-corrected chi connectivity index (χ4v) is 0.851. The van der Waals surface area contributed by atoms with Crippen molar-refractivity contribution in [3.63, 3.8) is 0 Å². The van der Waals surface area contributed by atoms with Gasteiger partial charge in [0.25, 0.3) is 0 Å². The molecule has 0 aliphatic rings. The Labute approximate surface area is 57.4 Å². The van der Waals surface area contributed by atoms with Gasteiger partial charge in [0.05, 0.1) is 0 Å². The summed E-state index contributed by atoms with van der Waals surface area (Å²) >= 11 is 1.27. The minimum Gasteiger partial charge on any atom is -0.504 e. The van der Waals surface area contributed by atoms with E-state index in [1.807, 2.05) is 0 Å². The third-order valence-corrected chi connectivity index (χ3v) is 1.34. The van der Waals surface area contributed by atoms with Crippen molar-refractivity contribution in [2.75, 3.05) is 0 Å². The molecule has 0 aromatic carbocycles. The Morgan fingerprint density at radius 1 is 1.11 bits per heavy atom. The molecular formula is C6H6O2S. The van der Waals surface area contributed by atoms with Gasteiger partial charge in [0.15, 0.2) is 11.5 Å². The van der Waals surface area contributed by atoms with Crippen LogP contribution in [0.1, 0.15) is 0 Å². The molecule has 2 nitrogen and oxygen atoms in total. The zero-order valence-corrected chi connectivity index (χ0v) is 5.43. The molecule has 0 radical (unpaired) electrons. The van der Waals surface area contributed by atoms with Crippen LogP contribution in [0.2, 0.25) is 0 Å². The van der Waals surface area contributed by atoms with E-state index in [4.69, 9.17) is 10.2 Å². The smallest absolute Gasteiger partial charge is 0.168 e. The average molecular weight is 142 g/mol. The Kier molecular flexibility index (Phi) is 3.33. The van der Waals surface area contributed by atoms with Gasteiger partial charge in [0.2, 0.25) is 0 Å². The summed E-state index contributed by atoms with van der Waals surface area (Å²) in [7, 11) is 0. The first-order valence-electron chi connectivity index (χ1n) is 2.08. The SMILES string of the molecule is C#C.Oc1cscc1O. The van der Waals surface area contributed by atoms with E-state index < -0.39 is 0 Å². The number of rotatable bonds is 0. The summed E-state index contributed by atoms with van der Waals surface area (Å²) in [5.41, 5.74) is 0. The van der Waals surface area contributed by atoms with Crippen LogP contribution in [0.4, 0.5) is 0 Å². The van der Waals surface area contributed by atoms with Gasteiger partial charge in [0.1, 0.15) is 0 Å². The second-order valence-corrected chi connectivity index (χ2v) is 1.89. The van der Waals surface area contributed by atoms with Crippen LogP contribution in [-0.2, 0) is 0 Å². The molecule has 3 heteroatoms. The van der Waals surface area contributed by atoms with Crippen LogP contribution in [0.25, 0.3) is 0 Å². The first-order chi connectivity index (χ1) is 4.30. The monoisotopic (exact) mass is 142 g/mol. The predicted molar refractivity (Wildman–Crippen MR) is 37.5 cm³/mol. The number of hydrogen-bond donors (Lipinski definition) is 2. The van der Waals surface area contributed by atoms with Crippen LogP contribution in [0.15, 0.2) is 10.8 Å². The van der Waals surface area contributed by atoms with E-state index in [1.165, 1.54) is 22.1 Å². The van der Waals surface area contributed by atoms with E-state index in [9.17, 15) is 0 Å². The Bertz CT molecular complexity index is 173. The van der Waals surface area contributed by atoms with Gasteiger partial charge in [-0.2, -0.15) is 0 Å². The summed E-state index contributed by atoms with van der Waals surface area (Å²) < 4.78 is 0. The number of aromatic hydroxyl groups is 2. The summed E-state index contributed by atoms with van der Waals surface area (Å²) in [6.07, 6.45) is 8.00. The standard InChI is InChI=1S/C4H4O2S.C2H2/c5-3-1-7-2-4(3)6;1-2/h1-2,5-6H;1-2H. The second kappa shape index (κ2) is 3.81. The van der Waals surface area contributed by atoms with Gasteiger partial charge in [-0.25, -0.2) is 0 Å². The Hall–Kier alpha value is -1.14. The van der Waals surface area contributed by atoms with Crippen molar-refractivity contribution >= 4 is 11.3 Å². The highest BCUT2D eigenvalue weighted by atomic mass is 32.1. The molecule has 0 saturated carbocycles. The molecular weight excluding hydrogens is 136 g/mol. The fourth-order valence-electron chi connectivity index (χ4n) is 0.284. The Morgan fingerprint density at radius 3 is 1.56 bits per heavy atom. The van der Waals surface area contributed by atoms with E-state index >= 15 is 0 Å². The molecule has 9 heavy (non-hydrogen) atoms. The average Bonchev–Trinajstić information content (AvgIpc) is 2.23. The van der Waals surface area contributed by atoms with E-state index in [1.54, 1.807) is 0 Å². The van der Waals surface area contributed by atoms with E-state index in [2.05, 4.69) is 12.8 Å². The third kappa shape index (κ3) is 2.06. The second-order valence-electron chi connectivity index (χ2n) is 1.14. The van der Waals surface area contributed by atoms with Crippen molar-refractivity contribution in [1.82, 2.24) is 0 Å². The van der Waals surface area contributed by atoms with Crippen molar-refractivity contribution in [1.29, 1.82) is 0 Å². The number of thiophene rings is 1. The van der Waals surface area contributed by atoms with Crippen LogP contribution >= 0.6 is 11.3 Å². The van der Waals surface area contributed by atoms with Gasteiger partial charge in [-0.15, -0.1) is 24.2 Å². The molecule has 1 aromatic heterocycles. The molecule has 0 amide bonds. The van der Waals surface area contributed by atoms with Crippen molar-refractivity contribution in [2.45, 2.75) is 0 Å². The van der Waals surface area contributed by atoms with Gasteiger partial charge in [-0.05, 0) is 0 Å².